The molecule has 1 N–H and O–H groups in total. The Kier molecular flexibility index (Phi) is 4.70. The van der Waals surface area contributed by atoms with Crippen LogP contribution in [-0.4, -0.2) is 21.9 Å². The number of hydrogen-bond acceptors (Lipinski definition) is 5. The number of benzene rings is 1. The van der Waals surface area contributed by atoms with Crippen LogP contribution in [0.5, 0.6) is 0 Å². The van der Waals surface area contributed by atoms with E-state index in [-0.39, 0.29) is 11.2 Å². The maximum atomic E-state index is 12.2. The second-order valence-electron chi connectivity index (χ2n) is 4.81. The molecule has 6 heteroatoms. The monoisotopic (exact) mass is 329 g/mol. The Bertz CT molecular complexity index is 708. The third kappa shape index (κ3) is 3.64. The van der Waals surface area contributed by atoms with Gasteiger partial charge < -0.3 is 5.32 Å². The SMILES string of the molecule is CC(SC1=NN=C(c2cccs2)C1)C(=O)Nc1ccccc1. The number of carbonyl (C=O) groups excluding carboxylic acids is 1. The highest BCUT2D eigenvalue weighted by atomic mass is 32.2. The summed E-state index contributed by atoms with van der Waals surface area (Å²) in [5, 5.41) is 14.0. The number of carbonyl (C=O) groups is 1. The number of anilines is 1. The van der Waals surface area contributed by atoms with Gasteiger partial charge in [0, 0.05) is 12.1 Å². The predicted molar refractivity (Wildman–Crippen MR) is 95.0 cm³/mol. The van der Waals surface area contributed by atoms with E-state index in [1.807, 2.05) is 54.8 Å². The minimum atomic E-state index is -0.211. The number of nitrogens with one attached hydrogen (secondary N) is 1. The first kappa shape index (κ1) is 15.0. The van der Waals surface area contributed by atoms with E-state index >= 15 is 0 Å². The second-order valence-corrected chi connectivity index (χ2v) is 7.17. The molecular formula is C16H15N3OS2. The lowest BCUT2D eigenvalue weighted by Gasteiger charge is -2.11. The molecule has 4 nitrogen and oxygen atoms in total. The molecule has 1 amide bonds. The molecule has 22 heavy (non-hydrogen) atoms. The van der Waals surface area contributed by atoms with Crippen molar-refractivity contribution in [2.24, 2.45) is 10.2 Å². The van der Waals surface area contributed by atoms with Crippen molar-refractivity contribution < 1.29 is 4.79 Å². The van der Waals surface area contributed by atoms with E-state index in [4.69, 9.17) is 0 Å². The molecule has 2 heterocycles. The van der Waals surface area contributed by atoms with Gasteiger partial charge >= 0.3 is 0 Å². The first-order chi connectivity index (χ1) is 10.7. The molecule has 0 spiro atoms. The average molecular weight is 329 g/mol. The zero-order valence-corrected chi connectivity index (χ0v) is 13.7. The quantitative estimate of drug-likeness (QED) is 0.921. The van der Waals surface area contributed by atoms with E-state index in [2.05, 4.69) is 15.5 Å². The van der Waals surface area contributed by atoms with E-state index < -0.39 is 0 Å². The van der Waals surface area contributed by atoms with Crippen LogP contribution in [0.15, 0.2) is 58.0 Å². The Morgan fingerprint density at radius 1 is 1.23 bits per heavy atom. The minimum Gasteiger partial charge on any atom is -0.325 e. The summed E-state index contributed by atoms with van der Waals surface area (Å²) in [5.41, 5.74) is 1.79. The number of hydrogen-bond donors (Lipinski definition) is 1. The molecule has 0 radical (unpaired) electrons. The standard InChI is InChI=1S/C16H15N3OS2/c1-11(16(20)17-12-6-3-2-4-7-12)22-15-10-13(18-19-15)14-8-5-9-21-14/h2-9,11H,10H2,1H3,(H,17,20). The van der Waals surface area contributed by atoms with Gasteiger partial charge in [0.15, 0.2) is 0 Å². The van der Waals surface area contributed by atoms with Crippen LogP contribution in [0.25, 0.3) is 0 Å². The van der Waals surface area contributed by atoms with E-state index in [9.17, 15) is 4.79 Å². The highest BCUT2D eigenvalue weighted by molar-refractivity contribution is 8.15. The normalized spacial score (nSPS) is 15.1. The maximum absolute atomic E-state index is 12.2. The summed E-state index contributed by atoms with van der Waals surface area (Å²) >= 11 is 3.12. The van der Waals surface area contributed by atoms with Gasteiger partial charge in [-0.15, -0.1) is 16.4 Å². The molecule has 0 aliphatic carbocycles. The van der Waals surface area contributed by atoms with Gasteiger partial charge in [-0.2, -0.15) is 5.10 Å². The zero-order chi connectivity index (χ0) is 15.4. The lowest BCUT2D eigenvalue weighted by Crippen LogP contribution is -2.23. The summed E-state index contributed by atoms with van der Waals surface area (Å²) in [7, 11) is 0. The summed E-state index contributed by atoms with van der Waals surface area (Å²) in [6.07, 6.45) is 0.703. The Labute approximate surface area is 137 Å². The number of amides is 1. The lowest BCUT2D eigenvalue weighted by molar-refractivity contribution is -0.115. The summed E-state index contributed by atoms with van der Waals surface area (Å²) in [6.45, 7) is 1.88. The van der Waals surface area contributed by atoms with Gasteiger partial charge in [0.05, 0.1) is 15.8 Å². The molecule has 1 aromatic carbocycles. The molecule has 0 saturated carbocycles. The molecule has 0 saturated heterocycles. The minimum absolute atomic E-state index is 0.0246. The smallest absolute Gasteiger partial charge is 0.237 e. The molecule has 112 valence electrons. The summed E-state index contributed by atoms with van der Waals surface area (Å²) < 4.78 is 0. The average Bonchev–Trinajstić information content (AvgIpc) is 3.19. The van der Waals surface area contributed by atoms with Crippen molar-refractivity contribution in [1.29, 1.82) is 0 Å². The van der Waals surface area contributed by atoms with Crippen LogP contribution in [-0.2, 0) is 4.79 Å². The maximum Gasteiger partial charge on any atom is 0.237 e. The molecule has 2 aromatic rings. The van der Waals surface area contributed by atoms with Crippen molar-refractivity contribution in [3.63, 3.8) is 0 Å². The van der Waals surface area contributed by atoms with Crippen LogP contribution < -0.4 is 5.32 Å². The van der Waals surface area contributed by atoms with E-state index in [1.165, 1.54) is 11.8 Å². The van der Waals surface area contributed by atoms with Crippen LogP contribution in [0.1, 0.15) is 18.2 Å². The fourth-order valence-electron chi connectivity index (χ4n) is 2.00. The molecule has 0 bridgehead atoms. The van der Waals surface area contributed by atoms with E-state index in [1.54, 1.807) is 11.3 Å². The Hall–Kier alpha value is -1.92. The zero-order valence-electron chi connectivity index (χ0n) is 12.0. The van der Waals surface area contributed by atoms with Crippen LogP contribution in [0, 0.1) is 0 Å². The molecule has 1 aliphatic heterocycles. The van der Waals surface area contributed by atoms with E-state index in [0.717, 1.165) is 21.3 Å². The number of para-hydroxylation sites is 1. The van der Waals surface area contributed by atoms with Gasteiger partial charge in [-0.25, -0.2) is 0 Å². The van der Waals surface area contributed by atoms with Gasteiger partial charge in [-0.3, -0.25) is 4.79 Å². The fraction of sp³-hybridized carbons (Fsp3) is 0.188. The molecule has 1 aromatic heterocycles. The highest BCUT2D eigenvalue weighted by Gasteiger charge is 2.21. The van der Waals surface area contributed by atoms with Gasteiger partial charge in [-0.1, -0.05) is 36.0 Å². The fourth-order valence-corrected chi connectivity index (χ4v) is 3.59. The lowest BCUT2D eigenvalue weighted by atomic mass is 10.2. The Balaban J connectivity index is 1.53. The third-order valence-corrected chi connectivity index (χ3v) is 5.11. The van der Waals surface area contributed by atoms with Crippen molar-refractivity contribution >= 4 is 45.4 Å². The third-order valence-electron chi connectivity index (χ3n) is 3.13. The number of thioether (sulfide) groups is 1. The number of rotatable bonds is 4. The molecule has 0 fully saturated rings. The number of nitrogens with zero attached hydrogens (tertiary/aromatic N) is 2. The van der Waals surface area contributed by atoms with Crippen molar-refractivity contribution in [2.75, 3.05) is 5.32 Å². The van der Waals surface area contributed by atoms with Crippen LogP contribution in [0.3, 0.4) is 0 Å². The molecule has 1 aliphatic rings. The Morgan fingerprint density at radius 3 is 2.77 bits per heavy atom. The second kappa shape index (κ2) is 6.89. The predicted octanol–water partition coefficient (Wildman–Crippen LogP) is 4.01. The summed E-state index contributed by atoms with van der Waals surface area (Å²) in [5.74, 6) is -0.0246. The molecule has 1 atom stereocenters. The molecule has 3 rings (SSSR count). The summed E-state index contributed by atoms with van der Waals surface area (Å²) in [6, 6.07) is 13.5. The van der Waals surface area contributed by atoms with Gasteiger partial charge in [0.25, 0.3) is 0 Å². The number of thiophene rings is 1. The van der Waals surface area contributed by atoms with Crippen LogP contribution in [0.2, 0.25) is 0 Å². The van der Waals surface area contributed by atoms with Crippen molar-refractivity contribution in [1.82, 2.24) is 0 Å². The van der Waals surface area contributed by atoms with Gasteiger partial charge in [-0.05, 0) is 30.5 Å². The first-order valence-corrected chi connectivity index (χ1v) is 8.68. The first-order valence-electron chi connectivity index (χ1n) is 6.92. The topological polar surface area (TPSA) is 53.8 Å². The van der Waals surface area contributed by atoms with Crippen molar-refractivity contribution in [3.8, 4) is 0 Å². The van der Waals surface area contributed by atoms with Crippen molar-refractivity contribution in [2.45, 2.75) is 18.6 Å². The highest BCUT2D eigenvalue weighted by Crippen LogP contribution is 2.24. The summed E-state index contributed by atoms with van der Waals surface area (Å²) in [4.78, 5) is 13.3. The van der Waals surface area contributed by atoms with Gasteiger partial charge in [0.2, 0.25) is 5.91 Å². The molecule has 1 unspecified atom stereocenters. The largest absolute Gasteiger partial charge is 0.325 e. The van der Waals surface area contributed by atoms with Crippen LogP contribution >= 0.6 is 23.1 Å². The molecular weight excluding hydrogens is 314 g/mol. The van der Waals surface area contributed by atoms with Crippen molar-refractivity contribution in [3.05, 3.63) is 52.7 Å². The Morgan fingerprint density at radius 2 is 2.05 bits per heavy atom. The van der Waals surface area contributed by atoms with Crippen LogP contribution in [0.4, 0.5) is 5.69 Å². The van der Waals surface area contributed by atoms with E-state index in [0.29, 0.717) is 6.42 Å². The van der Waals surface area contributed by atoms with Gasteiger partial charge in [0.1, 0.15) is 5.04 Å².